The number of aliphatic carboxylic acids is 1. The fourth-order valence-electron chi connectivity index (χ4n) is 11.0. The second-order valence-corrected chi connectivity index (χ2v) is 24.2. The maximum atomic E-state index is 13.2. The normalized spacial score (nSPS) is 17.7. The van der Waals surface area contributed by atoms with Gasteiger partial charge in [0.2, 0.25) is 0 Å². The van der Waals surface area contributed by atoms with Gasteiger partial charge in [-0.25, -0.2) is 4.79 Å². The third-order valence-corrected chi connectivity index (χ3v) is 16.3. The summed E-state index contributed by atoms with van der Waals surface area (Å²) in [6.07, 6.45) is 54.6. The third-order valence-electron chi connectivity index (χ3n) is 16.3. The molecule has 6 unspecified atom stereocenters. The predicted molar refractivity (Wildman–Crippen MR) is 331 cm³/mol. The number of allylic oxidation sites excluding steroid dienone is 2. The van der Waals surface area contributed by atoms with Crippen molar-refractivity contribution in [2.24, 2.45) is 0 Å². The van der Waals surface area contributed by atoms with E-state index in [2.05, 4.69) is 32.9 Å². The summed E-state index contributed by atoms with van der Waals surface area (Å²) in [6.45, 7) is 6.07. The molecule has 12 nitrogen and oxygen atoms in total. The Kier molecular flexibility index (Phi) is 54.6. The number of carboxylic acids is 1. The van der Waals surface area contributed by atoms with Gasteiger partial charge in [0.1, 0.15) is 18.8 Å². The molecular formula is C69H128O12. The Bertz CT molecular complexity index is 1460. The molecule has 1 heterocycles. The van der Waals surface area contributed by atoms with Gasteiger partial charge in [0.15, 0.2) is 24.6 Å². The van der Waals surface area contributed by atoms with Crippen molar-refractivity contribution in [2.75, 3.05) is 13.2 Å². The average molecular weight is 1150 g/mol. The molecule has 3 N–H and O–H groups in total. The van der Waals surface area contributed by atoms with Crippen molar-refractivity contribution in [1.82, 2.24) is 0 Å². The van der Waals surface area contributed by atoms with Crippen LogP contribution in [0.1, 0.15) is 355 Å². The Balaban J connectivity index is 2.59. The van der Waals surface area contributed by atoms with Gasteiger partial charge in [-0.1, -0.05) is 303 Å². The van der Waals surface area contributed by atoms with Crippen LogP contribution < -0.4 is 0 Å². The molecule has 1 saturated heterocycles. The number of carbonyl (C=O) groups is 4. The van der Waals surface area contributed by atoms with Crippen molar-refractivity contribution in [3.05, 3.63) is 12.2 Å². The van der Waals surface area contributed by atoms with Gasteiger partial charge < -0.3 is 39.0 Å². The number of esters is 3. The third kappa shape index (κ3) is 47.4. The maximum absolute atomic E-state index is 13.2. The molecule has 1 rings (SSSR count). The molecule has 0 bridgehead atoms. The van der Waals surface area contributed by atoms with Gasteiger partial charge in [0.05, 0.1) is 6.61 Å². The smallest absolute Gasteiger partial charge is 0.335 e. The molecule has 12 heteroatoms. The Hall–Kier alpha value is -2.54. The lowest BCUT2D eigenvalue weighted by atomic mass is 9.98. The van der Waals surface area contributed by atoms with Crippen LogP contribution >= 0.6 is 0 Å². The fourth-order valence-corrected chi connectivity index (χ4v) is 11.0. The summed E-state index contributed by atoms with van der Waals surface area (Å²) in [7, 11) is 0. The van der Waals surface area contributed by atoms with Gasteiger partial charge in [-0.05, 0) is 44.9 Å². The van der Waals surface area contributed by atoms with Gasteiger partial charge in [-0.2, -0.15) is 0 Å². The lowest BCUT2D eigenvalue weighted by Gasteiger charge is -2.40. The Morgan fingerprint density at radius 1 is 0.395 bits per heavy atom. The first kappa shape index (κ1) is 76.5. The van der Waals surface area contributed by atoms with Crippen LogP contribution in [-0.2, 0) is 42.9 Å². The molecule has 0 aromatic rings. The minimum atomic E-state index is -1.90. The van der Waals surface area contributed by atoms with E-state index in [-0.39, 0.29) is 25.9 Å². The molecule has 0 aliphatic carbocycles. The van der Waals surface area contributed by atoms with Gasteiger partial charge in [0.25, 0.3) is 0 Å². The van der Waals surface area contributed by atoms with Crippen LogP contribution in [0, 0.1) is 0 Å². The highest BCUT2D eigenvalue weighted by Crippen LogP contribution is 2.27. The van der Waals surface area contributed by atoms with E-state index in [9.17, 15) is 34.5 Å². The van der Waals surface area contributed by atoms with Crippen molar-refractivity contribution in [2.45, 2.75) is 391 Å². The van der Waals surface area contributed by atoms with Crippen molar-refractivity contribution in [3.8, 4) is 0 Å². The van der Waals surface area contributed by atoms with Crippen LogP contribution in [0.4, 0.5) is 0 Å². The highest BCUT2D eigenvalue weighted by Gasteiger charge is 2.50. The first-order valence-corrected chi connectivity index (χ1v) is 34.7. The van der Waals surface area contributed by atoms with E-state index in [4.69, 9.17) is 23.7 Å². The largest absolute Gasteiger partial charge is 0.479 e. The molecule has 0 saturated carbocycles. The van der Waals surface area contributed by atoms with Crippen LogP contribution in [-0.4, -0.2) is 89.2 Å². The van der Waals surface area contributed by atoms with Crippen LogP contribution in [0.3, 0.4) is 0 Å². The van der Waals surface area contributed by atoms with Gasteiger partial charge >= 0.3 is 23.9 Å². The lowest BCUT2D eigenvalue weighted by Crippen LogP contribution is -2.61. The van der Waals surface area contributed by atoms with Crippen molar-refractivity contribution in [1.29, 1.82) is 0 Å². The van der Waals surface area contributed by atoms with Crippen molar-refractivity contribution in [3.63, 3.8) is 0 Å². The Labute approximate surface area is 496 Å². The first-order chi connectivity index (χ1) is 39.6. The summed E-state index contributed by atoms with van der Waals surface area (Å²) in [5.41, 5.74) is 0. The molecule has 6 atom stereocenters. The van der Waals surface area contributed by atoms with Crippen LogP contribution in [0.15, 0.2) is 12.2 Å². The van der Waals surface area contributed by atoms with Crippen molar-refractivity contribution < 1.29 is 58.2 Å². The monoisotopic (exact) mass is 1150 g/mol. The second kappa shape index (κ2) is 57.9. The van der Waals surface area contributed by atoms with E-state index < -0.39 is 67.3 Å². The number of unbranched alkanes of at least 4 members (excludes halogenated alkanes) is 45. The molecule has 1 aliphatic rings. The summed E-state index contributed by atoms with van der Waals surface area (Å²) >= 11 is 0. The standard InChI is InChI=1S/C69H128O12/c1-4-7-10-13-16-19-22-25-27-29-31-33-35-38-40-43-46-49-52-55-61(70)77-58-60(79-62(71)56-53-50-47-44-41-37-24-21-18-15-12-9-6-3)59-78-69-67(65(74)64(73)66(81-69)68(75)76)80-63(72)57-54-51-48-45-42-39-36-34-32-30-28-26-23-20-17-14-11-8-5-2/h26,28,60,64-67,69,73-74H,4-25,27,29-59H2,1-3H3,(H,75,76)/b28-26-. The molecule has 0 aromatic carbocycles. The van der Waals surface area contributed by atoms with E-state index in [1.165, 1.54) is 225 Å². The molecule has 0 spiro atoms. The minimum Gasteiger partial charge on any atom is -0.479 e. The maximum Gasteiger partial charge on any atom is 0.335 e. The topological polar surface area (TPSA) is 175 Å². The van der Waals surface area contributed by atoms with Gasteiger partial charge in [-0.3, -0.25) is 14.4 Å². The van der Waals surface area contributed by atoms with Crippen LogP contribution in [0.5, 0.6) is 0 Å². The number of rotatable bonds is 61. The zero-order chi connectivity index (χ0) is 58.9. The quantitative estimate of drug-likeness (QED) is 0.0228. The highest BCUT2D eigenvalue weighted by atomic mass is 16.7. The van der Waals surface area contributed by atoms with Crippen molar-refractivity contribution >= 4 is 23.9 Å². The molecule has 0 radical (unpaired) electrons. The number of ether oxygens (including phenoxy) is 5. The van der Waals surface area contributed by atoms with E-state index >= 15 is 0 Å². The lowest BCUT2D eigenvalue weighted by molar-refractivity contribution is -0.301. The average Bonchev–Trinajstić information content (AvgIpc) is 3.54. The summed E-state index contributed by atoms with van der Waals surface area (Å²) in [5.74, 6) is -3.07. The van der Waals surface area contributed by atoms with Crippen LogP contribution in [0.25, 0.3) is 0 Å². The van der Waals surface area contributed by atoms with Crippen LogP contribution in [0.2, 0.25) is 0 Å². The molecule has 476 valence electrons. The number of carboxylic acid groups (broad SMARTS) is 1. The predicted octanol–water partition coefficient (Wildman–Crippen LogP) is 18.8. The van der Waals surface area contributed by atoms with E-state index in [1.54, 1.807) is 0 Å². The number of aliphatic hydroxyl groups is 2. The van der Waals surface area contributed by atoms with E-state index in [0.29, 0.717) is 19.3 Å². The molecule has 0 aromatic heterocycles. The molecule has 0 amide bonds. The summed E-state index contributed by atoms with van der Waals surface area (Å²) < 4.78 is 28.6. The number of aliphatic hydroxyl groups excluding tert-OH is 2. The minimum absolute atomic E-state index is 0.0651. The van der Waals surface area contributed by atoms with Gasteiger partial charge in [0, 0.05) is 19.3 Å². The second-order valence-electron chi connectivity index (χ2n) is 24.2. The number of hydrogen-bond donors (Lipinski definition) is 3. The Morgan fingerprint density at radius 3 is 1.05 bits per heavy atom. The van der Waals surface area contributed by atoms with E-state index in [0.717, 1.165) is 70.6 Å². The first-order valence-electron chi connectivity index (χ1n) is 34.7. The zero-order valence-electron chi connectivity index (χ0n) is 52.8. The Morgan fingerprint density at radius 2 is 0.704 bits per heavy atom. The summed E-state index contributed by atoms with van der Waals surface area (Å²) in [4.78, 5) is 51.4. The SMILES string of the molecule is CCCCCCCC/C=C\CCCCCCCCCCCC(=O)OC1C(OCC(COC(=O)CCCCCCCCCCCCCCCCCCCCC)OC(=O)CCCCCCCCCCCCCCC)OC(C(=O)O)C(O)C1O. The molecule has 1 aliphatic heterocycles. The van der Waals surface area contributed by atoms with E-state index in [1.807, 2.05) is 0 Å². The summed E-state index contributed by atoms with van der Waals surface area (Å²) in [6, 6.07) is 0. The summed E-state index contributed by atoms with van der Waals surface area (Å²) in [5, 5.41) is 31.6. The molecular weight excluding hydrogens is 1020 g/mol. The number of carbonyl (C=O) groups excluding carboxylic acids is 3. The highest BCUT2D eigenvalue weighted by molar-refractivity contribution is 5.74. The van der Waals surface area contributed by atoms with Gasteiger partial charge in [-0.15, -0.1) is 0 Å². The fraction of sp³-hybridized carbons (Fsp3) is 0.913. The number of hydrogen-bond acceptors (Lipinski definition) is 11. The zero-order valence-corrected chi connectivity index (χ0v) is 52.8. The molecule has 81 heavy (non-hydrogen) atoms. The molecule has 1 fully saturated rings.